The van der Waals surface area contributed by atoms with Gasteiger partial charge in [-0.2, -0.15) is 0 Å². The molecule has 3 rings (SSSR count). The third-order valence-electron chi connectivity index (χ3n) is 3.95. The fourth-order valence-corrected chi connectivity index (χ4v) is 2.66. The molecule has 110 valence electrons. The molecular weight excluding hydrogens is 250 g/mol. The average Bonchev–Trinajstić information content (AvgIpc) is 3.31. The molecule has 2 N–H and O–H groups in total. The molecule has 4 nitrogen and oxygen atoms in total. The fraction of sp³-hybridized carbons (Fsp3) is 0.625. The first-order valence-electron chi connectivity index (χ1n) is 7.81. The number of benzene rings is 1. The molecular formula is C16H25N3O. The summed E-state index contributed by atoms with van der Waals surface area (Å²) in [4.78, 5) is 2.42. The number of hydrogen-bond donors (Lipinski definition) is 2. The predicted octanol–water partition coefficient (Wildman–Crippen LogP) is 1.75. The lowest BCUT2D eigenvalue weighted by molar-refractivity contribution is 0.339. The maximum Gasteiger partial charge on any atom is 0.142 e. The van der Waals surface area contributed by atoms with Gasteiger partial charge in [-0.3, -0.25) is 0 Å². The van der Waals surface area contributed by atoms with Crippen LogP contribution in [0.15, 0.2) is 18.2 Å². The molecule has 1 saturated carbocycles. The van der Waals surface area contributed by atoms with E-state index in [-0.39, 0.29) is 0 Å². The summed E-state index contributed by atoms with van der Waals surface area (Å²) in [5.74, 6) is 1.03. The van der Waals surface area contributed by atoms with E-state index in [9.17, 15) is 0 Å². The maximum absolute atomic E-state index is 5.86. The largest absolute Gasteiger partial charge is 0.492 e. The highest BCUT2D eigenvalue weighted by atomic mass is 16.5. The van der Waals surface area contributed by atoms with Crippen LogP contribution in [0, 0.1) is 0 Å². The van der Waals surface area contributed by atoms with E-state index in [1.54, 1.807) is 0 Å². The van der Waals surface area contributed by atoms with Crippen LogP contribution in [-0.2, 0) is 6.54 Å². The van der Waals surface area contributed by atoms with Crippen LogP contribution in [0.25, 0.3) is 0 Å². The van der Waals surface area contributed by atoms with Crippen molar-refractivity contribution in [1.82, 2.24) is 10.6 Å². The van der Waals surface area contributed by atoms with E-state index in [4.69, 9.17) is 4.74 Å². The van der Waals surface area contributed by atoms with E-state index in [0.717, 1.165) is 51.1 Å². The first kappa shape index (κ1) is 13.7. The molecule has 0 bridgehead atoms. The Balaban J connectivity index is 1.73. The number of nitrogens with one attached hydrogen (secondary N) is 2. The van der Waals surface area contributed by atoms with Gasteiger partial charge in [-0.25, -0.2) is 0 Å². The summed E-state index contributed by atoms with van der Waals surface area (Å²) in [6, 6.07) is 7.41. The van der Waals surface area contributed by atoms with Crippen molar-refractivity contribution < 1.29 is 4.74 Å². The van der Waals surface area contributed by atoms with Crippen molar-refractivity contribution in [3.8, 4) is 5.75 Å². The summed E-state index contributed by atoms with van der Waals surface area (Å²) in [7, 11) is 0. The second-order valence-electron chi connectivity index (χ2n) is 5.63. The smallest absolute Gasteiger partial charge is 0.142 e. The molecule has 4 heteroatoms. The van der Waals surface area contributed by atoms with Gasteiger partial charge in [0.2, 0.25) is 0 Å². The molecule has 1 aromatic carbocycles. The van der Waals surface area contributed by atoms with Crippen LogP contribution in [-0.4, -0.2) is 38.8 Å². The Morgan fingerprint density at radius 2 is 2.10 bits per heavy atom. The van der Waals surface area contributed by atoms with Crippen LogP contribution in [0.5, 0.6) is 5.75 Å². The number of piperazine rings is 1. The van der Waals surface area contributed by atoms with E-state index in [0.29, 0.717) is 0 Å². The quantitative estimate of drug-likeness (QED) is 0.829. The van der Waals surface area contributed by atoms with Crippen LogP contribution in [0.3, 0.4) is 0 Å². The van der Waals surface area contributed by atoms with Crippen molar-refractivity contribution in [3.63, 3.8) is 0 Å². The Morgan fingerprint density at radius 1 is 1.30 bits per heavy atom. The predicted molar refractivity (Wildman–Crippen MR) is 82.6 cm³/mol. The Labute approximate surface area is 121 Å². The van der Waals surface area contributed by atoms with Crippen molar-refractivity contribution in [2.45, 2.75) is 32.4 Å². The van der Waals surface area contributed by atoms with Crippen molar-refractivity contribution in [2.75, 3.05) is 37.7 Å². The van der Waals surface area contributed by atoms with Gasteiger partial charge in [0.1, 0.15) is 5.75 Å². The van der Waals surface area contributed by atoms with Gasteiger partial charge in [0.05, 0.1) is 12.3 Å². The standard InChI is InChI=1S/C16H25N3O/c1-2-20-16-11-13(12-18-14-4-5-14)3-6-15(16)19-9-7-17-8-10-19/h3,6,11,14,17-18H,2,4-5,7-10,12H2,1H3. The van der Waals surface area contributed by atoms with Gasteiger partial charge in [0.15, 0.2) is 0 Å². The SMILES string of the molecule is CCOc1cc(CNC2CC2)ccc1N1CCNCC1. The zero-order chi connectivity index (χ0) is 13.8. The second kappa shape index (κ2) is 6.46. The highest BCUT2D eigenvalue weighted by Gasteiger charge is 2.20. The highest BCUT2D eigenvalue weighted by molar-refractivity contribution is 5.60. The summed E-state index contributed by atoms with van der Waals surface area (Å²) in [5.41, 5.74) is 2.56. The van der Waals surface area contributed by atoms with E-state index in [2.05, 4.69) is 40.7 Å². The maximum atomic E-state index is 5.86. The Hall–Kier alpha value is -1.26. The Kier molecular flexibility index (Phi) is 4.43. The first-order chi connectivity index (χ1) is 9.86. The fourth-order valence-electron chi connectivity index (χ4n) is 2.66. The Morgan fingerprint density at radius 3 is 2.80 bits per heavy atom. The van der Waals surface area contributed by atoms with Crippen molar-refractivity contribution >= 4 is 5.69 Å². The second-order valence-corrected chi connectivity index (χ2v) is 5.63. The van der Waals surface area contributed by atoms with Crippen molar-refractivity contribution in [2.24, 2.45) is 0 Å². The Bertz CT molecular complexity index is 439. The molecule has 0 atom stereocenters. The molecule has 1 heterocycles. The van der Waals surface area contributed by atoms with Crippen molar-refractivity contribution in [3.05, 3.63) is 23.8 Å². The van der Waals surface area contributed by atoms with E-state index in [1.807, 2.05) is 0 Å². The summed E-state index contributed by atoms with van der Waals surface area (Å²) in [5, 5.41) is 6.96. The van der Waals surface area contributed by atoms with Gasteiger partial charge in [-0.15, -0.1) is 0 Å². The molecule has 2 aliphatic rings. The van der Waals surface area contributed by atoms with Gasteiger partial charge in [0.25, 0.3) is 0 Å². The number of nitrogens with zero attached hydrogens (tertiary/aromatic N) is 1. The van der Waals surface area contributed by atoms with Crippen molar-refractivity contribution in [1.29, 1.82) is 0 Å². The molecule has 1 saturated heterocycles. The number of anilines is 1. The molecule has 2 fully saturated rings. The molecule has 0 amide bonds. The zero-order valence-electron chi connectivity index (χ0n) is 12.3. The third kappa shape index (κ3) is 3.44. The number of hydrogen-bond acceptors (Lipinski definition) is 4. The molecule has 1 aromatic rings. The lowest BCUT2D eigenvalue weighted by Crippen LogP contribution is -2.43. The highest BCUT2D eigenvalue weighted by Crippen LogP contribution is 2.30. The minimum absolute atomic E-state index is 0.721. The lowest BCUT2D eigenvalue weighted by Gasteiger charge is -2.31. The minimum atomic E-state index is 0.721. The molecule has 20 heavy (non-hydrogen) atoms. The number of ether oxygens (including phenoxy) is 1. The van der Waals surface area contributed by atoms with E-state index < -0.39 is 0 Å². The van der Waals surface area contributed by atoms with Gasteiger partial charge < -0.3 is 20.3 Å². The monoisotopic (exact) mass is 275 g/mol. The summed E-state index contributed by atoms with van der Waals surface area (Å²) < 4.78 is 5.86. The summed E-state index contributed by atoms with van der Waals surface area (Å²) in [6.07, 6.45) is 2.66. The first-order valence-corrected chi connectivity index (χ1v) is 7.81. The minimum Gasteiger partial charge on any atom is -0.492 e. The van der Waals surface area contributed by atoms with Crippen LogP contribution in [0.4, 0.5) is 5.69 Å². The van der Waals surface area contributed by atoms with Crippen LogP contribution in [0.2, 0.25) is 0 Å². The topological polar surface area (TPSA) is 36.5 Å². The van der Waals surface area contributed by atoms with Crippen LogP contribution < -0.4 is 20.3 Å². The van der Waals surface area contributed by atoms with Crippen LogP contribution >= 0.6 is 0 Å². The van der Waals surface area contributed by atoms with Gasteiger partial charge in [-0.05, 0) is 37.5 Å². The van der Waals surface area contributed by atoms with Gasteiger partial charge in [-0.1, -0.05) is 6.07 Å². The molecule has 0 spiro atoms. The summed E-state index contributed by atoms with van der Waals surface area (Å²) >= 11 is 0. The molecule has 0 unspecified atom stereocenters. The normalized spacial score (nSPS) is 19.1. The molecule has 1 aliphatic heterocycles. The number of rotatable bonds is 6. The molecule has 0 radical (unpaired) electrons. The van der Waals surface area contributed by atoms with Gasteiger partial charge >= 0.3 is 0 Å². The van der Waals surface area contributed by atoms with Gasteiger partial charge in [0, 0.05) is 38.8 Å². The average molecular weight is 275 g/mol. The van der Waals surface area contributed by atoms with E-state index >= 15 is 0 Å². The third-order valence-corrected chi connectivity index (χ3v) is 3.95. The van der Waals surface area contributed by atoms with Crippen LogP contribution in [0.1, 0.15) is 25.3 Å². The molecule has 0 aromatic heterocycles. The summed E-state index contributed by atoms with van der Waals surface area (Å²) in [6.45, 7) is 7.94. The van der Waals surface area contributed by atoms with E-state index in [1.165, 1.54) is 24.1 Å². The lowest BCUT2D eigenvalue weighted by atomic mass is 10.1. The zero-order valence-corrected chi connectivity index (χ0v) is 12.3. The molecule has 1 aliphatic carbocycles.